The molecule has 2 rings (SSSR count). The van der Waals surface area contributed by atoms with E-state index in [4.69, 9.17) is 16.3 Å². The molecule has 1 aliphatic rings. The second kappa shape index (κ2) is 7.31. The van der Waals surface area contributed by atoms with E-state index in [0.717, 1.165) is 0 Å². The van der Waals surface area contributed by atoms with E-state index in [1.807, 2.05) is 0 Å². The van der Waals surface area contributed by atoms with Crippen LogP contribution < -0.4 is 16.5 Å². The number of aryl methyl sites for hydroxylation is 1. The molecule has 4 N–H and O–H groups in total. The number of rotatable bonds is 5. The van der Waals surface area contributed by atoms with E-state index in [2.05, 4.69) is 4.98 Å². The molecule has 6 nitrogen and oxygen atoms in total. The fourth-order valence-corrected chi connectivity index (χ4v) is 2.86. The number of piperidine rings is 1. The molecule has 1 aromatic rings. The second-order valence-corrected chi connectivity index (χ2v) is 6.09. The summed E-state index contributed by atoms with van der Waals surface area (Å²) in [5, 5.41) is 1.38. The van der Waals surface area contributed by atoms with E-state index in [0.29, 0.717) is 41.4 Å². The van der Waals surface area contributed by atoms with Crippen molar-refractivity contribution in [3.8, 4) is 0 Å². The van der Waals surface area contributed by atoms with Crippen LogP contribution in [0.3, 0.4) is 0 Å². The van der Waals surface area contributed by atoms with Gasteiger partial charge in [0.25, 0.3) is 5.92 Å². The van der Waals surface area contributed by atoms with Crippen LogP contribution in [-0.4, -0.2) is 49.8 Å². The van der Waals surface area contributed by atoms with Crippen LogP contribution in [0.4, 0.5) is 14.5 Å². The summed E-state index contributed by atoms with van der Waals surface area (Å²) >= 11 is 0. The predicted molar refractivity (Wildman–Crippen MR) is 90.3 cm³/mol. The highest BCUT2D eigenvalue weighted by Gasteiger charge is 2.35. The van der Waals surface area contributed by atoms with Gasteiger partial charge in [0.15, 0.2) is 0 Å². The number of hydrazine groups is 1. The van der Waals surface area contributed by atoms with Crippen LogP contribution in [0.15, 0.2) is 17.8 Å². The topological polar surface area (TPSA) is 80.6 Å². The summed E-state index contributed by atoms with van der Waals surface area (Å²) in [5.41, 5.74) is 9.06. The summed E-state index contributed by atoms with van der Waals surface area (Å²) in [7, 11) is 3.22. The Morgan fingerprint density at radius 2 is 2.17 bits per heavy atom. The van der Waals surface area contributed by atoms with Gasteiger partial charge in [0, 0.05) is 27.1 Å². The highest BCUT2D eigenvalue weighted by atomic mass is 19.3. The molecule has 1 fully saturated rings. The number of alkyl halides is 2. The van der Waals surface area contributed by atoms with E-state index in [1.165, 1.54) is 5.01 Å². The number of hydrogen-bond acceptors (Lipinski definition) is 6. The molecule has 0 radical (unpaired) electrons. The molecule has 8 heteroatoms. The van der Waals surface area contributed by atoms with E-state index in [1.54, 1.807) is 38.1 Å². The van der Waals surface area contributed by atoms with Gasteiger partial charge in [0.05, 0.1) is 41.6 Å². The maximum atomic E-state index is 13.6. The summed E-state index contributed by atoms with van der Waals surface area (Å²) in [4.78, 5) is 6.16. The summed E-state index contributed by atoms with van der Waals surface area (Å²) in [6.45, 7) is 2.37. The summed E-state index contributed by atoms with van der Waals surface area (Å²) in [6.07, 6.45) is 0.402. The molecule has 134 valence electrons. The fraction of sp³-hybridized carbons (Fsp3) is 0.562. The molecule has 1 saturated heterocycles. The van der Waals surface area contributed by atoms with Crippen molar-refractivity contribution in [1.82, 2.24) is 9.99 Å². The molecule has 0 unspecified atom stereocenters. The molecule has 0 aromatic carbocycles. The lowest BCUT2D eigenvalue weighted by Gasteiger charge is -2.34. The average molecular weight is 341 g/mol. The van der Waals surface area contributed by atoms with Gasteiger partial charge in [-0.3, -0.25) is 0 Å². The van der Waals surface area contributed by atoms with Crippen LogP contribution in [-0.2, 0) is 4.74 Å². The van der Waals surface area contributed by atoms with Crippen molar-refractivity contribution in [3.05, 3.63) is 29.2 Å². The molecule has 0 aliphatic carbocycles. The van der Waals surface area contributed by atoms with Crippen LogP contribution >= 0.6 is 0 Å². The van der Waals surface area contributed by atoms with Crippen molar-refractivity contribution in [1.29, 1.82) is 0 Å². The zero-order valence-electron chi connectivity index (χ0n) is 14.4. The highest BCUT2D eigenvalue weighted by molar-refractivity contribution is 5.65. The fourth-order valence-electron chi connectivity index (χ4n) is 2.86. The van der Waals surface area contributed by atoms with Gasteiger partial charge < -0.3 is 20.4 Å². The Morgan fingerprint density at radius 1 is 1.46 bits per heavy atom. The third-order valence-corrected chi connectivity index (χ3v) is 4.09. The van der Waals surface area contributed by atoms with Crippen LogP contribution in [0.2, 0.25) is 0 Å². The SMILES string of the molecule is COC/C(=C(/N)c1ccc(N2CCCC(F)(F)C2)c(C)n1)N(C)N. The molecule has 0 amide bonds. The second-order valence-electron chi connectivity index (χ2n) is 6.09. The number of halogens is 2. The lowest BCUT2D eigenvalue weighted by molar-refractivity contribution is -0.0117. The molecule has 0 saturated carbocycles. The van der Waals surface area contributed by atoms with Crippen molar-refractivity contribution in [2.45, 2.75) is 25.7 Å². The zero-order chi connectivity index (χ0) is 17.9. The van der Waals surface area contributed by atoms with Crippen LogP contribution in [0.25, 0.3) is 5.70 Å². The van der Waals surface area contributed by atoms with Crippen molar-refractivity contribution in [3.63, 3.8) is 0 Å². The molecule has 0 atom stereocenters. The number of anilines is 1. The molecule has 24 heavy (non-hydrogen) atoms. The first kappa shape index (κ1) is 18.4. The Balaban J connectivity index is 2.31. The molecule has 0 bridgehead atoms. The summed E-state index contributed by atoms with van der Waals surface area (Å²) in [6, 6.07) is 3.51. The zero-order valence-corrected chi connectivity index (χ0v) is 14.4. The standard InChI is InChI=1S/C16H25F2N5O/c1-11-13(23-8-4-7-16(17,18)10-23)6-5-12(21-11)15(19)14(9-24-3)22(2)20/h5-6H,4,7-10,19-20H2,1-3H3/b15-14-. The third kappa shape index (κ3) is 4.12. The maximum Gasteiger partial charge on any atom is 0.265 e. The molecule has 1 aromatic heterocycles. The molecular weight excluding hydrogens is 316 g/mol. The minimum atomic E-state index is -2.66. The van der Waals surface area contributed by atoms with Crippen LogP contribution in [0.1, 0.15) is 24.2 Å². The number of likely N-dealkylation sites (N-methyl/N-ethyl adjacent to an activating group) is 1. The monoisotopic (exact) mass is 341 g/mol. The Kier molecular flexibility index (Phi) is 5.61. The Bertz CT molecular complexity index is 618. The number of aromatic nitrogens is 1. The quantitative estimate of drug-likeness (QED) is 0.627. The number of methoxy groups -OCH3 is 1. The van der Waals surface area contributed by atoms with Gasteiger partial charge in [-0.2, -0.15) is 0 Å². The molecule has 2 heterocycles. The number of ether oxygens (including phenoxy) is 1. The minimum absolute atomic E-state index is 0.0625. The van der Waals surface area contributed by atoms with Crippen molar-refractivity contribution < 1.29 is 13.5 Å². The Labute approximate surface area is 141 Å². The van der Waals surface area contributed by atoms with Crippen LogP contribution in [0, 0.1) is 6.92 Å². The van der Waals surface area contributed by atoms with Crippen LogP contribution in [0.5, 0.6) is 0 Å². The van der Waals surface area contributed by atoms with Gasteiger partial charge in [0.1, 0.15) is 0 Å². The maximum absolute atomic E-state index is 13.6. The van der Waals surface area contributed by atoms with Gasteiger partial charge in [-0.1, -0.05) is 0 Å². The summed E-state index contributed by atoms with van der Waals surface area (Å²) < 4.78 is 32.4. The van der Waals surface area contributed by atoms with E-state index in [9.17, 15) is 8.78 Å². The average Bonchev–Trinajstić information content (AvgIpc) is 2.50. The van der Waals surface area contributed by atoms with Gasteiger partial charge in [-0.25, -0.2) is 19.6 Å². The molecule has 0 spiro atoms. The van der Waals surface area contributed by atoms with E-state index >= 15 is 0 Å². The highest BCUT2D eigenvalue weighted by Crippen LogP contribution is 2.31. The lowest BCUT2D eigenvalue weighted by Crippen LogP contribution is -2.43. The van der Waals surface area contributed by atoms with Gasteiger partial charge in [-0.15, -0.1) is 0 Å². The smallest absolute Gasteiger partial charge is 0.265 e. The van der Waals surface area contributed by atoms with Crippen molar-refractivity contribution in [2.24, 2.45) is 11.6 Å². The van der Waals surface area contributed by atoms with Crippen molar-refractivity contribution >= 4 is 11.4 Å². The number of pyridine rings is 1. The lowest BCUT2D eigenvalue weighted by atomic mass is 10.1. The van der Waals surface area contributed by atoms with Gasteiger partial charge >= 0.3 is 0 Å². The first-order valence-electron chi connectivity index (χ1n) is 7.82. The normalized spacial score (nSPS) is 18.3. The first-order valence-corrected chi connectivity index (χ1v) is 7.82. The predicted octanol–water partition coefficient (Wildman–Crippen LogP) is 1.70. The minimum Gasteiger partial charge on any atom is -0.395 e. The Hall–Kier alpha value is -1.93. The number of nitrogens with two attached hydrogens (primary N) is 2. The molecule has 1 aliphatic heterocycles. The largest absolute Gasteiger partial charge is 0.395 e. The van der Waals surface area contributed by atoms with E-state index in [-0.39, 0.29) is 19.6 Å². The van der Waals surface area contributed by atoms with E-state index < -0.39 is 5.92 Å². The third-order valence-electron chi connectivity index (χ3n) is 4.09. The molecular formula is C16H25F2N5O. The van der Waals surface area contributed by atoms with Gasteiger partial charge in [-0.05, 0) is 25.5 Å². The Morgan fingerprint density at radius 3 is 2.71 bits per heavy atom. The summed E-state index contributed by atoms with van der Waals surface area (Å²) in [5.74, 6) is 3.12. The van der Waals surface area contributed by atoms with Crippen molar-refractivity contribution in [2.75, 3.05) is 38.8 Å². The van der Waals surface area contributed by atoms with Gasteiger partial charge in [0.2, 0.25) is 0 Å². The first-order chi connectivity index (χ1) is 11.2. The number of hydrogen-bond donors (Lipinski definition) is 2. The number of nitrogens with zero attached hydrogens (tertiary/aromatic N) is 3.